The van der Waals surface area contributed by atoms with Crippen molar-refractivity contribution >= 4 is 7.55 Å². The van der Waals surface area contributed by atoms with E-state index in [-0.39, 0.29) is 0 Å². The fraction of sp³-hybridized carbons (Fsp3) is 0.400. The van der Waals surface area contributed by atoms with Crippen molar-refractivity contribution in [3.05, 3.63) is 34.9 Å². The zero-order valence-corrected chi connectivity index (χ0v) is 9.65. The summed E-state index contributed by atoms with van der Waals surface area (Å²) in [6.07, 6.45) is 0. The zero-order valence-electron chi connectivity index (χ0n) is 9.65. The van der Waals surface area contributed by atoms with Crippen LogP contribution in [0.3, 0.4) is 0 Å². The number of hydrogen-bond acceptors (Lipinski definition) is 2. The normalized spacial score (nSPS) is 10.7. The van der Waals surface area contributed by atoms with Crippen molar-refractivity contribution < 1.29 is 0 Å². The molecule has 2 heterocycles. The van der Waals surface area contributed by atoms with Gasteiger partial charge in [0.25, 0.3) is 0 Å². The largest absolute Gasteiger partial charge is 0.402 e. The predicted molar refractivity (Wildman–Crippen MR) is 61.3 cm³/mol. The van der Waals surface area contributed by atoms with E-state index in [1.54, 1.807) is 0 Å². The lowest BCUT2D eigenvalue weighted by Gasteiger charge is -2.04. The molecule has 0 aliphatic carbocycles. The second-order valence-corrected chi connectivity index (χ2v) is 3.99. The van der Waals surface area contributed by atoms with Crippen LogP contribution in [0.25, 0.3) is 0 Å². The Hall–Kier alpha value is -1.52. The molecule has 78 valence electrons. The summed E-state index contributed by atoms with van der Waals surface area (Å²) in [5.41, 5.74) is 4.43. The molecule has 0 spiro atoms. The third-order valence-corrected chi connectivity index (χ3v) is 2.47. The number of rotatable bonds is 2. The van der Waals surface area contributed by atoms with Crippen molar-refractivity contribution in [3.8, 4) is 0 Å². The van der Waals surface area contributed by atoms with E-state index < -0.39 is 0 Å². The quantitative estimate of drug-likeness (QED) is 0.680. The van der Waals surface area contributed by atoms with Crippen LogP contribution in [0.4, 0.5) is 0 Å². The third kappa shape index (κ3) is 1.96. The number of aromatic nitrogens is 4. The van der Waals surface area contributed by atoms with Crippen LogP contribution >= 0.6 is 0 Å². The molecule has 0 bridgehead atoms. The Bertz CT molecular complexity index is 439. The second kappa shape index (κ2) is 3.57. The Morgan fingerprint density at radius 3 is 1.53 bits per heavy atom. The molecule has 2 rings (SSSR count). The van der Waals surface area contributed by atoms with Gasteiger partial charge < -0.3 is 0 Å². The molecule has 0 aliphatic rings. The molecular weight excluding hydrogens is 187 g/mol. The first-order valence-electron chi connectivity index (χ1n) is 5.08. The van der Waals surface area contributed by atoms with E-state index in [0.717, 1.165) is 11.4 Å². The topological polar surface area (TPSA) is 35.6 Å². The first kappa shape index (κ1) is 10.0. The molecule has 4 nitrogen and oxygen atoms in total. The number of aryl methyl sites for hydroxylation is 4. The highest BCUT2D eigenvalue weighted by molar-refractivity contribution is 6.31. The molecule has 0 atom stereocenters. The lowest BCUT2D eigenvalue weighted by Crippen LogP contribution is -2.21. The van der Waals surface area contributed by atoms with Crippen LogP contribution in [0, 0.1) is 27.7 Å². The molecule has 0 radical (unpaired) electrons. The fourth-order valence-electron chi connectivity index (χ4n) is 1.76. The molecule has 0 amide bonds. The molecule has 0 saturated carbocycles. The molecular formula is C10H15BN4. The molecule has 5 heteroatoms. The summed E-state index contributed by atoms with van der Waals surface area (Å²) in [6, 6.07) is 4.15. The van der Waals surface area contributed by atoms with Crippen LogP contribution in [-0.4, -0.2) is 26.9 Å². The SMILES string of the molecule is Cc1cc(C)n(Bn2nc(C)cc2C)n1. The van der Waals surface area contributed by atoms with Gasteiger partial charge in [0, 0.05) is 11.4 Å². The van der Waals surface area contributed by atoms with Gasteiger partial charge in [-0.1, -0.05) is 0 Å². The van der Waals surface area contributed by atoms with Crippen molar-refractivity contribution in [1.82, 2.24) is 19.4 Å². The lowest BCUT2D eigenvalue weighted by molar-refractivity contribution is 0.834. The second-order valence-electron chi connectivity index (χ2n) is 3.99. The Morgan fingerprint density at radius 1 is 0.867 bits per heavy atom. The van der Waals surface area contributed by atoms with E-state index in [0.29, 0.717) is 7.55 Å². The van der Waals surface area contributed by atoms with Crippen LogP contribution in [-0.2, 0) is 0 Å². The van der Waals surface area contributed by atoms with Gasteiger partial charge in [0.1, 0.15) is 0 Å². The Morgan fingerprint density at radius 2 is 1.27 bits per heavy atom. The molecule has 2 aromatic heterocycles. The molecule has 15 heavy (non-hydrogen) atoms. The average molecular weight is 202 g/mol. The van der Waals surface area contributed by atoms with Gasteiger partial charge in [-0.3, -0.25) is 9.19 Å². The van der Waals surface area contributed by atoms with Crippen molar-refractivity contribution in [2.24, 2.45) is 0 Å². The predicted octanol–water partition coefficient (Wildman–Crippen LogP) is 0.976. The first-order valence-corrected chi connectivity index (χ1v) is 5.08. The lowest BCUT2D eigenvalue weighted by atomic mass is 10.1. The van der Waals surface area contributed by atoms with Crippen LogP contribution in [0.2, 0.25) is 0 Å². The van der Waals surface area contributed by atoms with Crippen molar-refractivity contribution in [1.29, 1.82) is 0 Å². The molecule has 0 aliphatic heterocycles. The minimum Gasteiger partial charge on any atom is -0.291 e. The van der Waals surface area contributed by atoms with E-state index in [2.05, 4.69) is 36.2 Å². The van der Waals surface area contributed by atoms with Crippen molar-refractivity contribution in [3.63, 3.8) is 0 Å². The van der Waals surface area contributed by atoms with Crippen LogP contribution in [0.1, 0.15) is 22.8 Å². The summed E-state index contributed by atoms with van der Waals surface area (Å²) in [5.74, 6) is 0. The van der Waals surface area contributed by atoms with Gasteiger partial charge in [-0.2, -0.15) is 10.2 Å². The molecule has 2 aromatic rings. The molecule has 0 fully saturated rings. The van der Waals surface area contributed by atoms with E-state index in [4.69, 9.17) is 0 Å². The summed E-state index contributed by atoms with van der Waals surface area (Å²) < 4.78 is 3.93. The van der Waals surface area contributed by atoms with Gasteiger partial charge in [0.2, 0.25) is 0 Å². The Kier molecular flexibility index (Phi) is 2.38. The minimum absolute atomic E-state index is 0.694. The molecule has 0 saturated heterocycles. The van der Waals surface area contributed by atoms with E-state index in [9.17, 15) is 0 Å². The molecule has 0 N–H and O–H groups in total. The van der Waals surface area contributed by atoms with Crippen LogP contribution < -0.4 is 0 Å². The fourth-order valence-corrected chi connectivity index (χ4v) is 1.76. The maximum Gasteiger partial charge on any atom is 0.402 e. The highest BCUT2D eigenvalue weighted by Crippen LogP contribution is 2.03. The van der Waals surface area contributed by atoms with Crippen LogP contribution in [0.5, 0.6) is 0 Å². The number of nitrogens with zero attached hydrogens (tertiary/aromatic N) is 4. The van der Waals surface area contributed by atoms with E-state index >= 15 is 0 Å². The van der Waals surface area contributed by atoms with Crippen LogP contribution in [0.15, 0.2) is 12.1 Å². The zero-order chi connectivity index (χ0) is 11.0. The van der Waals surface area contributed by atoms with E-state index in [1.165, 1.54) is 11.4 Å². The molecule has 0 aromatic carbocycles. The minimum atomic E-state index is 0.694. The Balaban J connectivity index is 2.29. The van der Waals surface area contributed by atoms with Gasteiger partial charge >= 0.3 is 7.55 Å². The maximum atomic E-state index is 4.41. The highest BCUT2D eigenvalue weighted by Gasteiger charge is 2.07. The van der Waals surface area contributed by atoms with Crippen molar-refractivity contribution in [2.75, 3.05) is 0 Å². The molecule has 0 unspecified atom stereocenters. The summed E-state index contributed by atoms with van der Waals surface area (Å²) >= 11 is 0. The summed E-state index contributed by atoms with van der Waals surface area (Å²) in [4.78, 5) is 0. The smallest absolute Gasteiger partial charge is 0.291 e. The first-order chi connectivity index (χ1) is 7.06. The Labute approximate surface area is 90.2 Å². The average Bonchev–Trinajstić information content (AvgIpc) is 2.58. The highest BCUT2D eigenvalue weighted by atomic mass is 15.3. The van der Waals surface area contributed by atoms with Gasteiger partial charge in [-0.15, -0.1) is 0 Å². The standard InChI is InChI=1S/C10H15BN4/c1-7-5-9(3)14(12-7)11-15-10(4)6-8(2)13-15/h5-6,11H,1-4H3. The third-order valence-electron chi connectivity index (χ3n) is 2.47. The van der Waals surface area contributed by atoms with Gasteiger partial charge in [0.05, 0.1) is 11.4 Å². The van der Waals surface area contributed by atoms with Gasteiger partial charge in [-0.25, -0.2) is 0 Å². The summed E-state index contributed by atoms with van der Waals surface area (Å²) in [6.45, 7) is 8.13. The number of hydrogen-bond donors (Lipinski definition) is 0. The van der Waals surface area contributed by atoms with E-state index in [1.807, 2.05) is 23.0 Å². The van der Waals surface area contributed by atoms with Gasteiger partial charge in [0.15, 0.2) is 0 Å². The van der Waals surface area contributed by atoms with Gasteiger partial charge in [-0.05, 0) is 39.8 Å². The summed E-state index contributed by atoms with van der Waals surface area (Å²) in [7, 11) is 0.694. The monoisotopic (exact) mass is 202 g/mol. The van der Waals surface area contributed by atoms with Crippen molar-refractivity contribution in [2.45, 2.75) is 27.7 Å². The summed E-state index contributed by atoms with van der Waals surface area (Å²) in [5, 5.41) is 8.82. The maximum absolute atomic E-state index is 4.41.